The van der Waals surface area contributed by atoms with Crippen molar-refractivity contribution < 1.29 is 10.5 Å². The fourth-order valence-corrected chi connectivity index (χ4v) is 0. The van der Waals surface area contributed by atoms with Crippen LogP contribution < -0.4 is 5.73 Å². The Morgan fingerprint density at radius 2 is 1.80 bits per heavy atom. The Balaban J connectivity index is 0. The number of quaternary nitrogens is 1. The van der Waals surface area contributed by atoms with Crippen LogP contribution in [-0.4, -0.2) is 13.1 Å². The second-order valence-corrected chi connectivity index (χ2v) is 0.0913. The minimum atomic E-state index is 0.500. The summed E-state index contributed by atoms with van der Waals surface area (Å²) < 4.78 is 0. The molecule has 0 amide bonds. The molecule has 0 aromatic carbocycles. The number of rotatable bonds is 0. The monoisotopic (exact) mass is 74.0 g/mol. The first-order valence-electron chi connectivity index (χ1n) is 1.13. The first-order valence-corrected chi connectivity index (χ1v) is 1.13. The van der Waals surface area contributed by atoms with Gasteiger partial charge in [-0.3, -0.25) is 4.79 Å². The van der Waals surface area contributed by atoms with Crippen molar-refractivity contribution in [2.24, 2.45) is 0 Å². The molecule has 3 heteroatoms. The fourth-order valence-electron chi connectivity index (χ4n) is 0. The van der Waals surface area contributed by atoms with Gasteiger partial charge in [0.1, 0.15) is 0 Å². The van der Waals surface area contributed by atoms with Crippen molar-refractivity contribution in [3.63, 3.8) is 0 Å². The van der Waals surface area contributed by atoms with E-state index in [0.29, 0.717) is 6.08 Å². The van der Waals surface area contributed by atoms with E-state index in [1.807, 2.05) is 0 Å². The van der Waals surface area contributed by atoms with Crippen LogP contribution in [0.25, 0.3) is 5.41 Å². The SMILES string of the molecule is C[NH3+].[N-]=C=O. The van der Waals surface area contributed by atoms with Gasteiger partial charge in [-0.1, -0.05) is 0 Å². The highest BCUT2D eigenvalue weighted by Crippen LogP contribution is 0.949. The first kappa shape index (κ1) is 8.84. The molecule has 0 rings (SSSR count). The van der Waals surface area contributed by atoms with E-state index < -0.39 is 0 Å². The summed E-state index contributed by atoms with van der Waals surface area (Å²) in [5.74, 6) is 0. The lowest BCUT2D eigenvalue weighted by Gasteiger charge is -1.32. The van der Waals surface area contributed by atoms with E-state index >= 15 is 0 Å². The van der Waals surface area contributed by atoms with Crippen molar-refractivity contribution >= 4 is 6.08 Å². The second kappa shape index (κ2) is 158. The summed E-state index contributed by atoms with van der Waals surface area (Å²) in [7, 11) is 1.75. The van der Waals surface area contributed by atoms with Crippen molar-refractivity contribution in [1.82, 2.24) is 0 Å². The van der Waals surface area contributed by atoms with Gasteiger partial charge in [-0.2, -0.15) is 0 Å². The molecule has 0 unspecified atom stereocenters. The largest absolute Gasteiger partial charge is 0.724 e. The molecule has 0 aliphatic rings. The Bertz CT molecular complexity index is 28.6. The summed E-state index contributed by atoms with van der Waals surface area (Å²) in [6.07, 6.45) is 0.500. The van der Waals surface area contributed by atoms with Gasteiger partial charge >= 0.3 is 0 Å². The number of hydrogen-bond donors (Lipinski definition) is 1. The maximum absolute atomic E-state index is 8.24. The molecule has 30 valence electrons. The molecular formula is C2H6N2O. The van der Waals surface area contributed by atoms with Crippen LogP contribution >= 0.6 is 0 Å². The molecule has 0 bridgehead atoms. The van der Waals surface area contributed by atoms with Crippen LogP contribution in [0.1, 0.15) is 0 Å². The zero-order valence-corrected chi connectivity index (χ0v) is 3.06. The standard InChI is InChI=1S/CNO.CH5N/c2-1-3;1-2/h;2H2,1H3/q-1;/p+1. The maximum Gasteiger partial charge on any atom is 0.0634 e. The molecule has 0 saturated heterocycles. The Hall–Kier alpha value is -0.660. The van der Waals surface area contributed by atoms with Crippen LogP contribution in [0.3, 0.4) is 0 Å². The van der Waals surface area contributed by atoms with E-state index in [2.05, 4.69) is 5.73 Å². The van der Waals surface area contributed by atoms with Crippen LogP contribution in [0, 0.1) is 0 Å². The Kier molecular flexibility index (Phi) is 280. The Morgan fingerprint density at radius 1 is 1.80 bits per heavy atom. The molecule has 0 radical (unpaired) electrons. The molecule has 0 heterocycles. The lowest BCUT2D eigenvalue weighted by Crippen LogP contribution is -2.40. The van der Waals surface area contributed by atoms with E-state index in [-0.39, 0.29) is 0 Å². The zero-order chi connectivity index (χ0) is 4.71. The van der Waals surface area contributed by atoms with Gasteiger partial charge in [-0.15, -0.1) is 0 Å². The topological polar surface area (TPSA) is 67.0 Å². The summed E-state index contributed by atoms with van der Waals surface area (Å²) in [5, 5.41) is 6.76. The van der Waals surface area contributed by atoms with Gasteiger partial charge in [-0.05, 0) is 6.08 Å². The van der Waals surface area contributed by atoms with Gasteiger partial charge in [0.05, 0.1) is 7.05 Å². The highest BCUT2D eigenvalue weighted by Gasteiger charge is 0.874. The molecule has 0 aliphatic heterocycles. The minimum absolute atomic E-state index is 0.500. The van der Waals surface area contributed by atoms with E-state index in [0.717, 1.165) is 0 Å². The average Bonchev–Trinajstić information content (AvgIpc) is 1.46. The summed E-state index contributed by atoms with van der Waals surface area (Å²) in [4.78, 5) is 8.24. The van der Waals surface area contributed by atoms with Crippen molar-refractivity contribution in [1.29, 1.82) is 0 Å². The van der Waals surface area contributed by atoms with Crippen LogP contribution in [0.4, 0.5) is 0 Å². The highest BCUT2D eigenvalue weighted by molar-refractivity contribution is 5.36. The van der Waals surface area contributed by atoms with E-state index in [1.54, 1.807) is 7.05 Å². The molecule has 0 saturated carbocycles. The molecular weight excluding hydrogens is 68.0 g/mol. The number of carbonyl (C=O) groups excluding carboxylic acids is 1. The molecule has 5 heavy (non-hydrogen) atoms. The maximum atomic E-state index is 8.24. The normalized spacial score (nSPS) is 2.80. The molecule has 0 fully saturated rings. The molecule has 0 atom stereocenters. The van der Waals surface area contributed by atoms with E-state index in [1.165, 1.54) is 0 Å². The molecule has 0 aromatic rings. The Morgan fingerprint density at radius 3 is 1.80 bits per heavy atom. The molecule has 3 N–H and O–H groups in total. The third-order valence-electron chi connectivity index (χ3n) is 0. The fraction of sp³-hybridized carbons (Fsp3) is 0.500. The quantitative estimate of drug-likeness (QED) is 0.283. The van der Waals surface area contributed by atoms with Gasteiger partial charge in [0.2, 0.25) is 0 Å². The summed E-state index contributed by atoms with van der Waals surface area (Å²) in [6.45, 7) is 0. The molecule has 0 aliphatic carbocycles. The highest BCUT2D eigenvalue weighted by atomic mass is 16.1. The van der Waals surface area contributed by atoms with Crippen molar-refractivity contribution in [3.05, 3.63) is 5.41 Å². The average molecular weight is 74.1 g/mol. The summed E-state index contributed by atoms with van der Waals surface area (Å²) in [5.41, 5.74) is 3.25. The van der Waals surface area contributed by atoms with Crippen molar-refractivity contribution in [3.8, 4) is 0 Å². The van der Waals surface area contributed by atoms with Gasteiger partial charge in [0.15, 0.2) is 0 Å². The predicted octanol–water partition coefficient (Wildman–Crippen LogP) is -1.25. The summed E-state index contributed by atoms with van der Waals surface area (Å²) in [6, 6.07) is 0. The van der Waals surface area contributed by atoms with E-state index in [4.69, 9.17) is 10.2 Å². The van der Waals surface area contributed by atoms with Crippen LogP contribution in [0.15, 0.2) is 0 Å². The number of isocyanates is 1. The second-order valence-electron chi connectivity index (χ2n) is 0.0913. The van der Waals surface area contributed by atoms with Crippen LogP contribution in [0.2, 0.25) is 0 Å². The minimum Gasteiger partial charge on any atom is -0.724 e. The first-order chi connectivity index (χ1) is 2.41. The lowest BCUT2D eigenvalue weighted by molar-refractivity contribution is -0.325. The smallest absolute Gasteiger partial charge is 0.0634 e. The van der Waals surface area contributed by atoms with Gasteiger partial charge in [0.25, 0.3) is 0 Å². The summed E-state index contributed by atoms with van der Waals surface area (Å²) >= 11 is 0. The lowest BCUT2D eigenvalue weighted by atomic mass is 11.6. The van der Waals surface area contributed by atoms with Gasteiger partial charge < -0.3 is 11.1 Å². The molecule has 0 spiro atoms. The Labute approximate surface area is 30.3 Å². The number of nitrogens with zero attached hydrogens (tertiary/aromatic N) is 1. The molecule has 3 nitrogen and oxygen atoms in total. The zero-order valence-electron chi connectivity index (χ0n) is 3.06. The van der Waals surface area contributed by atoms with Crippen molar-refractivity contribution in [2.45, 2.75) is 0 Å². The third kappa shape index (κ3) is 13.8. The van der Waals surface area contributed by atoms with Gasteiger partial charge in [0, 0.05) is 0 Å². The number of hydrogen-bond acceptors (Lipinski definition) is 1. The molecule has 0 aromatic heterocycles. The third-order valence-corrected chi connectivity index (χ3v) is 0. The van der Waals surface area contributed by atoms with Gasteiger partial charge in [-0.25, -0.2) is 0 Å². The van der Waals surface area contributed by atoms with E-state index in [9.17, 15) is 0 Å². The predicted molar refractivity (Wildman–Crippen MR) is 17.9 cm³/mol. The van der Waals surface area contributed by atoms with Crippen LogP contribution in [-0.2, 0) is 4.79 Å². The van der Waals surface area contributed by atoms with Crippen LogP contribution in [0.5, 0.6) is 0 Å². The van der Waals surface area contributed by atoms with Crippen molar-refractivity contribution in [2.75, 3.05) is 7.05 Å².